The lowest BCUT2D eigenvalue weighted by Gasteiger charge is -2.25. The summed E-state index contributed by atoms with van der Waals surface area (Å²) in [5.74, 6) is -0.937. The molecule has 2 aromatic rings. The Morgan fingerprint density at radius 3 is 2.45 bits per heavy atom. The largest absolute Gasteiger partial charge is 0.507 e. The van der Waals surface area contributed by atoms with Gasteiger partial charge in [-0.2, -0.15) is 0 Å². The van der Waals surface area contributed by atoms with Crippen molar-refractivity contribution in [2.75, 3.05) is 26.9 Å². The third kappa shape index (κ3) is 4.80. The highest BCUT2D eigenvalue weighted by Crippen LogP contribution is 2.39. The third-order valence-electron chi connectivity index (χ3n) is 5.36. The van der Waals surface area contributed by atoms with E-state index in [0.717, 1.165) is 24.0 Å². The van der Waals surface area contributed by atoms with Crippen molar-refractivity contribution < 1.29 is 24.2 Å². The van der Waals surface area contributed by atoms with Crippen LogP contribution in [0.5, 0.6) is 5.75 Å². The van der Waals surface area contributed by atoms with Gasteiger partial charge < -0.3 is 19.5 Å². The van der Waals surface area contributed by atoms with Crippen molar-refractivity contribution in [2.45, 2.75) is 32.7 Å². The molecule has 0 radical (unpaired) electrons. The molecule has 1 N–H and O–H groups in total. The van der Waals surface area contributed by atoms with E-state index in [-0.39, 0.29) is 24.5 Å². The van der Waals surface area contributed by atoms with Crippen molar-refractivity contribution in [1.82, 2.24) is 4.90 Å². The van der Waals surface area contributed by atoms with Gasteiger partial charge >= 0.3 is 0 Å². The van der Waals surface area contributed by atoms with Gasteiger partial charge in [-0.15, -0.1) is 0 Å². The Morgan fingerprint density at radius 2 is 1.81 bits per heavy atom. The molecule has 0 aliphatic carbocycles. The Morgan fingerprint density at radius 1 is 1.06 bits per heavy atom. The van der Waals surface area contributed by atoms with Crippen LogP contribution in [-0.4, -0.2) is 48.6 Å². The van der Waals surface area contributed by atoms with Gasteiger partial charge in [0.25, 0.3) is 11.7 Å². The molecule has 3 rings (SSSR count). The number of likely N-dealkylation sites (tertiary alicyclic amines) is 1. The molecule has 1 saturated heterocycles. The third-order valence-corrected chi connectivity index (χ3v) is 5.36. The van der Waals surface area contributed by atoms with Gasteiger partial charge in [0.15, 0.2) is 0 Å². The number of nitrogens with zero attached hydrogens (tertiary/aromatic N) is 1. The number of methoxy groups -OCH3 is 1. The molecule has 0 spiro atoms. The number of carbonyl (C=O) groups is 2. The molecule has 1 amide bonds. The molecule has 0 bridgehead atoms. The zero-order valence-electron chi connectivity index (χ0n) is 18.3. The number of hydrogen-bond acceptors (Lipinski definition) is 5. The van der Waals surface area contributed by atoms with Gasteiger partial charge in [0.05, 0.1) is 24.8 Å². The zero-order chi connectivity index (χ0) is 22.4. The molecule has 1 heterocycles. The lowest BCUT2D eigenvalue weighted by molar-refractivity contribution is -0.140. The molecule has 1 fully saturated rings. The summed E-state index contributed by atoms with van der Waals surface area (Å²) in [5.41, 5.74) is 2.44. The number of aliphatic hydroxyl groups excluding tert-OH is 1. The molecule has 0 saturated carbocycles. The van der Waals surface area contributed by atoms with Gasteiger partial charge in [-0.3, -0.25) is 9.59 Å². The lowest BCUT2D eigenvalue weighted by Crippen LogP contribution is -2.32. The van der Waals surface area contributed by atoms with Crippen molar-refractivity contribution in [3.05, 3.63) is 70.8 Å². The van der Waals surface area contributed by atoms with Gasteiger partial charge in [-0.05, 0) is 36.1 Å². The second kappa shape index (κ2) is 10.3. The highest BCUT2D eigenvalue weighted by molar-refractivity contribution is 6.46. The van der Waals surface area contributed by atoms with E-state index in [0.29, 0.717) is 17.9 Å². The monoisotopic (exact) mass is 423 g/mol. The van der Waals surface area contributed by atoms with Crippen LogP contribution in [0, 0.1) is 0 Å². The number of carbonyl (C=O) groups excluding carboxylic acids is 2. The van der Waals surface area contributed by atoms with Crippen LogP contribution in [0.4, 0.5) is 0 Å². The quantitative estimate of drug-likeness (QED) is 0.373. The van der Waals surface area contributed by atoms with E-state index in [1.807, 2.05) is 31.2 Å². The fourth-order valence-corrected chi connectivity index (χ4v) is 3.69. The van der Waals surface area contributed by atoms with Crippen LogP contribution in [0.15, 0.2) is 54.1 Å². The summed E-state index contributed by atoms with van der Waals surface area (Å²) in [4.78, 5) is 27.3. The fourth-order valence-electron chi connectivity index (χ4n) is 3.69. The van der Waals surface area contributed by atoms with Crippen molar-refractivity contribution in [1.29, 1.82) is 0 Å². The number of ketones is 1. The first-order chi connectivity index (χ1) is 15.0. The molecular formula is C25H29NO5. The summed E-state index contributed by atoms with van der Waals surface area (Å²) < 4.78 is 10.8. The van der Waals surface area contributed by atoms with E-state index < -0.39 is 17.7 Å². The van der Waals surface area contributed by atoms with E-state index in [1.165, 1.54) is 4.90 Å². The van der Waals surface area contributed by atoms with Gasteiger partial charge in [0, 0.05) is 19.2 Å². The Hall–Kier alpha value is -3.12. The van der Waals surface area contributed by atoms with Crippen molar-refractivity contribution in [3.8, 4) is 5.75 Å². The van der Waals surface area contributed by atoms with Gasteiger partial charge in [0.2, 0.25) is 0 Å². The topological polar surface area (TPSA) is 76.1 Å². The van der Waals surface area contributed by atoms with Crippen molar-refractivity contribution >= 4 is 17.4 Å². The number of ether oxygens (including phenoxy) is 2. The van der Waals surface area contributed by atoms with E-state index in [1.54, 1.807) is 31.4 Å². The highest BCUT2D eigenvalue weighted by atomic mass is 16.5. The summed E-state index contributed by atoms with van der Waals surface area (Å²) in [6.07, 6.45) is 1.74. The van der Waals surface area contributed by atoms with Gasteiger partial charge in [-0.25, -0.2) is 0 Å². The summed E-state index contributed by atoms with van der Waals surface area (Å²) >= 11 is 0. The standard InChI is InChI=1S/C25H29NO5/c1-4-14-31-20-8-6-7-19(16-20)23(27)21-22(18-11-9-17(5-2)10-12-18)26(13-15-30-3)25(29)24(21)28/h6-12,16,22,27H,4-5,13-15H2,1-3H3. The normalized spacial score (nSPS) is 17.9. The molecule has 0 aromatic heterocycles. The molecular weight excluding hydrogens is 394 g/mol. The van der Waals surface area contributed by atoms with Gasteiger partial charge in [0.1, 0.15) is 11.5 Å². The molecule has 2 aromatic carbocycles. The molecule has 1 unspecified atom stereocenters. The van der Waals surface area contributed by atoms with Crippen LogP contribution in [0.3, 0.4) is 0 Å². The van der Waals surface area contributed by atoms with E-state index in [4.69, 9.17) is 9.47 Å². The average Bonchev–Trinajstić information content (AvgIpc) is 3.05. The minimum Gasteiger partial charge on any atom is -0.507 e. The van der Waals surface area contributed by atoms with Crippen LogP contribution < -0.4 is 4.74 Å². The van der Waals surface area contributed by atoms with Gasteiger partial charge in [-0.1, -0.05) is 50.2 Å². The first-order valence-corrected chi connectivity index (χ1v) is 10.6. The first kappa shape index (κ1) is 22.6. The lowest BCUT2D eigenvalue weighted by atomic mass is 9.94. The number of rotatable bonds is 9. The summed E-state index contributed by atoms with van der Waals surface area (Å²) in [6.45, 7) is 5.16. The Kier molecular flexibility index (Phi) is 7.47. The molecule has 1 aliphatic rings. The van der Waals surface area contributed by atoms with Crippen LogP contribution in [-0.2, 0) is 20.7 Å². The zero-order valence-corrected chi connectivity index (χ0v) is 18.3. The number of aryl methyl sites for hydroxylation is 1. The Labute approximate surface area is 183 Å². The number of aliphatic hydroxyl groups is 1. The molecule has 6 heteroatoms. The van der Waals surface area contributed by atoms with Crippen LogP contribution in [0.25, 0.3) is 5.76 Å². The van der Waals surface area contributed by atoms with Crippen molar-refractivity contribution in [2.24, 2.45) is 0 Å². The predicted molar refractivity (Wildman–Crippen MR) is 119 cm³/mol. The molecule has 1 atom stereocenters. The minimum atomic E-state index is -0.696. The molecule has 6 nitrogen and oxygen atoms in total. The average molecular weight is 424 g/mol. The molecule has 31 heavy (non-hydrogen) atoms. The summed E-state index contributed by atoms with van der Waals surface area (Å²) in [7, 11) is 1.55. The number of Topliss-reactive ketones (excluding diaryl/α,β-unsaturated/α-hetero) is 1. The fraction of sp³-hybridized carbons (Fsp3) is 0.360. The summed E-state index contributed by atoms with van der Waals surface area (Å²) in [6, 6.07) is 14.0. The smallest absolute Gasteiger partial charge is 0.295 e. The van der Waals surface area contributed by atoms with E-state index >= 15 is 0 Å². The Bertz CT molecular complexity index is 964. The van der Waals surface area contributed by atoms with Crippen molar-refractivity contribution in [3.63, 3.8) is 0 Å². The number of amides is 1. The summed E-state index contributed by atoms with van der Waals surface area (Å²) in [5, 5.41) is 11.1. The first-order valence-electron chi connectivity index (χ1n) is 10.6. The Balaban J connectivity index is 2.09. The SMILES string of the molecule is CCCOc1cccc(C(O)=C2C(=O)C(=O)N(CCOC)C2c2ccc(CC)cc2)c1. The second-order valence-corrected chi connectivity index (χ2v) is 7.46. The van der Waals surface area contributed by atoms with E-state index in [2.05, 4.69) is 6.92 Å². The van der Waals surface area contributed by atoms with Crippen LogP contribution in [0.2, 0.25) is 0 Å². The second-order valence-electron chi connectivity index (χ2n) is 7.46. The maximum absolute atomic E-state index is 13.0. The number of hydrogen-bond donors (Lipinski definition) is 1. The minimum absolute atomic E-state index is 0.0815. The molecule has 164 valence electrons. The molecule has 1 aliphatic heterocycles. The van der Waals surface area contributed by atoms with Crippen LogP contribution in [0.1, 0.15) is 43.0 Å². The van der Waals surface area contributed by atoms with E-state index in [9.17, 15) is 14.7 Å². The van der Waals surface area contributed by atoms with Crippen LogP contribution >= 0.6 is 0 Å². The highest BCUT2D eigenvalue weighted by Gasteiger charge is 2.45. The predicted octanol–water partition coefficient (Wildman–Crippen LogP) is 4.11. The maximum atomic E-state index is 13.0. The maximum Gasteiger partial charge on any atom is 0.295 e. The number of benzene rings is 2.